The number of pyridine rings is 1. The third-order valence-electron chi connectivity index (χ3n) is 10.3. The van der Waals surface area contributed by atoms with Gasteiger partial charge in [0.1, 0.15) is 23.5 Å². The molecule has 5 heteroatoms. The SMILES string of the molecule is [2H]C([2H])([2H])N1C=C(c2cc(Oc3ccc4c5ccccc5n(-c5cc(C(C)(C)C)ccn5)c4c3)cc(-c3c(C(C)C)cccc3C(C)C)c2)N2C=CC=CC21. The maximum Gasteiger partial charge on any atom is 0.137 e. The second kappa shape index (κ2) is 12.9. The number of ether oxygens (including phenoxy) is 1. The van der Waals surface area contributed by atoms with Crippen LogP contribution in [0, 0.1) is 0 Å². The largest absolute Gasteiger partial charge is 0.457 e. The minimum Gasteiger partial charge on any atom is -0.457 e. The maximum absolute atomic E-state index is 8.35. The van der Waals surface area contributed by atoms with Gasteiger partial charge in [0, 0.05) is 52.1 Å². The van der Waals surface area contributed by atoms with Crippen LogP contribution in [0.4, 0.5) is 0 Å². The summed E-state index contributed by atoms with van der Waals surface area (Å²) in [6, 6.07) is 31.9. The molecule has 262 valence electrons. The smallest absolute Gasteiger partial charge is 0.137 e. The van der Waals surface area contributed by atoms with Gasteiger partial charge in [-0.3, -0.25) is 4.57 Å². The quantitative estimate of drug-likeness (QED) is 0.167. The Labute approximate surface area is 312 Å². The maximum atomic E-state index is 8.35. The van der Waals surface area contributed by atoms with Crippen molar-refractivity contribution in [3.63, 3.8) is 0 Å². The fourth-order valence-electron chi connectivity index (χ4n) is 7.67. The van der Waals surface area contributed by atoms with Crippen molar-refractivity contribution in [3.8, 4) is 28.4 Å². The summed E-state index contributed by atoms with van der Waals surface area (Å²) in [5, 5.41) is 2.26. The molecule has 6 aromatic rings. The fraction of sp³-hybridized carbons (Fsp3) is 0.255. The Morgan fingerprint density at radius 3 is 2.25 bits per heavy atom. The molecule has 0 radical (unpaired) electrons. The van der Waals surface area contributed by atoms with E-state index in [1.807, 2.05) is 47.7 Å². The van der Waals surface area contributed by atoms with Gasteiger partial charge in [0.2, 0.25) is 0 Å². The van der Waals surface area contributed by atoms with Crippen LogP contribution in [0.2, 0.25) is 0 Å². The van der Waals surface area contributed by atoms with Crippen molar-refractivity contribution in [2.24, 2.45) is 0 Å². The lowest BCUT2D eigenvalue weighted by atomic mass is 9.84. The second-order valence-electron chi connectivity index (χ2n) is 15.6. The van der Waals surface area contributed by atoms with E-state index in [-0.39, 0.29) is 17.3 Å². The molecule has 2 aromatic heterocycles. The summed E-state index contributed by atoms with van der Waals surface area (Å²) in [5.74, 6) is 2.78. The number of benzene rings is 4. The van der Waals surface area contributed by atoms with Crippen LogP contribution in [0.3, 0.4) is 0 Å². The third-order valence-corrected chi connectivity index (χ3v) is 10.3. The lowest BCUT2D eigenvalue weighted by Gasteiger charge is -2.29. The molecular formula is C47H48N4O. The molecule has 0 bridgehead atoms. The molecule has 0 spiro atoms. The van der Waals surface area contributed by atoms with Crippen molar-refractivity contribution in [1.82, 2.24) is 19.4 Å². The Morgan fingerprint density at radius 2 is 1.50 bits per heavy atom. The van der Waals surface area contributed by atoms with Gasteiger partial charge in [0.15, 0.2) is 0 Å². The van der Waals surface area contributed by atoms with Crippen LogP contribution < -0.4 is 4.74 Å². The molecule has 1 atom stereocenters. The number of hydrogen-bond acceptors (Lipinski definition) is 4. The molecule has 2 aliphatic rings. The van der Waals surface area contributed by atoms with Gasteiger partial charge in [-0.15, -0.1) is 0 Å². The van der Waals surface area contributed by atoms with E-state index in [4.69, 9.17) is 13.8 Å². The fourth-order valence-corrected chi connectivity index (χ4v) is 7.67. The molecule has 1 unspecified atom stereocenters. The summed E-state index contributed by atoms with van der Waals surface area (Å²) in [5.41, 5.74) is 9.65. The monoisotopic (exact) mass is 687 g/mol. The molecule has 0 saturated carbocycles. The van der Waals surface area contributed by atoms with E-state index in [2.05, 4.69) is 132 Å². The summed E-state index contributed by atoms with van der Waals surface area (Å²) >= 11 is 0. The Hall–Kier alpha value is -5.55. The third kappa shape index (κ3) is 5.88. The Kier molecular flexibility index (Phi) is 7.47. The molecule has 0 N–H and O–H groups in total. The minimum absolute atomic E-state index is 0.0351. The number of nitrogens with zero attached hydrogens (tertiary/aromatic N) is 4. The van der Waals surface area contributed by atoms with Crippen molar-refractivity contribution in [2.75, 3.05) is 6.98 Å². The standard InChI is InChI=1S/C47H48N4O/c1-30(2)37-15-13-16-38(31(3)4)46(37)33-24-32(43-29-49(8)45-18-11-12-23-50(43)45)25-36(26-33)52-35-19-20-40-39-14-9-10-17-41(39)51(42(40)28-35)44-27-34(21-22-48-44)47(5,6)7/h9-31,45H,1-8H3/i8D3. The van der Waals surface area contributed by atoms with Crippen LogP contribution >= 0.6 is 0 Å². The van der Waals surface area contributed by atoms with E-state index >= 15 is 0 Å². The van der Waals surface area contributed by atoms with Crippen LogP contribution in [0.1, 0.15) is 86.7 Å². The van der Waals surface area contributed by atoms with Crippen LogP contribution in [0.15, 0.2) is 128 Å². The van der Waals surface area contributed by atoms with Crippen LogP contribution in [0.25, 0.3) is 44.4 Å². The van der Waals surface area contributed by atoms with Gasteiger partial charge in [-0.2, -0.15) is 0 Å². The summed E-state index contributed by atoms with van der Waals surface area (Å²) in [6.07, 6.45) is 10.9. The Balaban J connectivity index is 1.31. The highest BCUT2D eigenvalue weighted by Crippen LogP contribution is 2.43. The molecular weight excluding hydrogens is 637 g/mol. The predicted molar refractivity (Wildman–Crippen MR) is 217 cm³/mol. The average Bonchev–Trinajstić information content (AvgIpc) is 3.71. The van der Waals surface area contributed by atoms with Crippen LogP contribution in [0.5, 0.6) is 11.5 Å². The molecule has 52 heavy (non-hydrogen) atoms. The van der Waals surface area contributed by atoms with E-state index in [1.165, 1.54) is 27.2 Å². The van der Waals surface area contributed by atoms with Crippen LogP contribution in [-0.4, -0.2) is 32.5 Å². The Morgan fingerprint density at radius 1 is 0.750 bits per heavy atom. The molecule has 0 amide bonds. The van der Waals surface area contributed by atoms with Gasteiger partial charge >= 0.3 is 0 Å². The first-order valence-electron chi connectivity index (χ1n) is 19.8. The van der Waals surface area contributed by atoms with Gasteiger partial charge < -0.3 is 14.5 Å². The van der Waals surface area contributed by atoms with Crippen molar-refractivity contribution in [3.05, 3.63) is 150 Å². The molecule has 2 aliphatic heterocycles. The van der Waals surface area contributed by atoms with E-state index in [9.17, 15) is 0 Å². The van der Waals surface area contributed by atoms with E-state index in [1.54, 1.807) is 6.20 Å². The van der Waals surface area contributed by atoms with Crippen molar-refractivity contribution >= 4 is 27.5 Å². The molecule has 0 saturated heterocycles. The van der Waals surface area contributed by atoms with Gasteiger partial charge in [-0.05, 0) is 106 Å². The zero-order valence-corrected chi connectivity index (χ0v) is 31.1. The summed E-state index contributed by atoms with van der Waals surface area (Å²) in [7, 11) is 0. The number of para-hydroxylation sites is 1. The topological polar surface area (TPSA) is 33.5 Å². The van der Waals surface area contributed by atoms with E-state index in [0.29, 0.717) is 11.5 Å². The number of allylic oxidation sites excluding steroid dienone is 2. The second-order valence-corrected chi connectivity index (χ2v) is 15.6. The summed E-state index contributed by atoms with van der Waals surface area (Å²) < 4.78 is 34.2. The van der Waals surface area contributed by atoms with Gasteiger partial charge in [0.25, 0.3) is 0 Å². The number of rotatable bonds is 7. The normalized spacial score (nSPS) is 16.8. The number of hydrogen-bond donors (Lipinski definition) is 0. The highest BCUT2D eigenvalue weighted by Gasteiger charge is 2.29. The van der Waals surface area contributed by atoms with Gasteiger partial charge in [-0.1, -0.05) is 90.9 Å². The van der Waals surface area contributed by atoms with Crippen molar-refractivity contribution in [2.45, 2.75) is 71.9 Å². The lowest BCUT2D eigenvalue weighted by molar-refractivity contribution is 0.282. The average molecular weight is 688 g/mol. The Bertz CT molecular complexity index is 2510. The molecule has 8 rings (SSSR count). The zero-order chi connectivity index (χ0) is 38.8. The number of aromatic nitrogens is 2. The highest BCUT2D eigenvalue weighted by molar-refractivity contribution is 6.09. The van der Waals surface area contributed by atoms with E-state index < -0.39 is 13.1 Å². The number of likely N-dealkylation sites (N-methyl/N-ethyl adjacent to an activating group) is 1. The first-order valence-corrected chi connectivity index (χ1v) is 18.3. The van der Waals surface area contributed by atoms with Gasteiger partial charge in [0.05, 0.1) is 16.7 Å². The summed E-state index contributed by atoms with van der Waals surface area (Å²) in [4.78, 5) is 8.34. The first kappa shape index (κ1) is 30.1. The van der Waals surface area contributed by atoms with Crippen molar-refractivity contribution < 1.29 is 8.85 Å². The zero-order valence-electron chi connectivity index (χ0n) is 34.1. The molecule has 4 aromatic carbocycles. The molecule has 4 heterocycles. The highest BCUT2D eigenvalue weighted by atomic mass is 16.5. The summed E-state index contributed by atoms with van der Waals surface area (Å²) in [6.45, 7) is 13.3. The molecule has 5 nitrogen and oxygen atoms in total. The molecule has 0 fully saturated rings. The van der Waals surface area contributed by atoms with Crippen LogP contribution in [-0.2, 0) is 5.41 Å². The minimum atomic E-state index is -2.32. The number of fused-ring (bicyclic) bond motifs is 4. The molecule has 0 aliphatic carbocycles. The predicted octanol–water partition coefficient (Wildman–Crippen LogP) is 12.1. The lowest BCUT2D eigenvalue weighted by Crippen LogP contribution is -2.33. The van der Waals surface area contributed by atoms with Crippen molar-refractivity contribution in [1.29, 1.82) is 0 Å². The first-order chi connectivity index (χ1) is 26.2. The van der Waals surface area contributed by atoms with Gasteiger partial charge in [-0.25, -0.2) is 4.98 Å². The van der Waals surface area contributed by atoms with E-state index in [0.717, 1.165) is 44.4 Å².